The molecule has 0 unspecified atom stereocenters. The Kier molecular flexibility index (Phi) is 9.04. The van der Waals surface area contributed by atoms with Crippen molar-refractivity contribution < 1.29 is 28.3 Å². The van der Waals surface area contributed by atoms with E-state index in [0.29, 0.717) is 0 Å². The molecular weight excluding hydrogens is 376 g/mol. The van der Waals surface area contributed by atoms with E-state index in [9.17, 15) is 14.4 Å². The third-order valence-electron chi connectivity index (χ3n) is 4.93. The molecule has 0 amide bonds. The van der Waals surface area contributed by atoms with Gasteiger partial charge >= 0.3 is 11.9 Å². The normalized spacial score (nSPS) is 12.9. The predicted molar refractivity (Wildman–Crippen MR) is 109 cm³/mol. The number of carbonyl (C=O) groups excluding carboxylic acids is 3. The Hall–Kier alpha value is -1.99. The van der Waals surface area contributed by atoms with Crippen LogP contribution >= 0.6 is 0 Å². The van der Waals surface area contributed by atoms with Gasteiger partial charge in [-0.3, -0.25) is 14.4 Å². The van der Waals surface area contributed by atoms with Crippen molar-refractivity contribution in [1.29, 1.82) is 0 Å². The number of rotatable bonds is 10. The van der Waals surface area contributed by atoms with E-state index in [1.807, 2.05) is 30.3 Å². The standard InChI is InChI=1S/C21H32O6Si/c1-21(2,3)28(5,6)27-18(14-19(23)25-4)12-17(22)13-20(24)26-15-16-10-8-7-9-11-16/h7-11,18H,12-15H2,1-6H3/t18-/m1/s1. The largest absolute Gasteiger partial charge is 0.469 e. The van der Waals surface area contributed by atoms with Crippen LogP contribution in [0.2, 0.25) is 18.1 Å². The fraction of sp³-hybridized carbons (Fsp3) is 0.571. The molecule has 0 saturated heterocycles. The molecule has 0 aliphatic heterocycles. The smallest absolute Gasteiger partial charge is 0.313 e. The third kappa shape index (κ3) is 8.35. The summed E-state index contributed by atoms with van der Waals surface area (Å²) in [6.07, 6.45) is -0.996. The van der Waals surface area contributed by atoms with Gasteiger partial charge in [-0.2, -0.15) is 0 Å². The lowest BCUT2D eigenvalue weighted by Gasteiger charge is -2.39. The maximum atomic E-state index is 12.4. The molecule has 0 radical (unpaired) electrons. The first-order valence-corrected chi connectivity index (χ1v) is 12.3. The van der Waals surface area contributed by atoms with Gasteiger partial charge in [0.25, 0.3) is 0 Å². The molecule has 0 aliphatic rings. The van der Waals surface area contributed by atoms with E-state index in [1.54, 1.807) is 0 Å². The molecule has 0 N–H and O–H groups in total. The molecule has 1 atom stereocenters. The van der Waals surface area contributed by atoms with Crippen molar-refractivity contribution in [2.24, 2.45) is 0 Å². The van der Waals surface area contributed by atoms with Crippen molar-refractivity contribution in [3.8, 4) is 0 Å². The van der Waals surface area contributed by atoms with Crippen LogP contribution in [-0.4, -0.2) is 39.3 Å². The second kappa shape index (κ2) is 10.5. The molecule has 7 heteroatoms. The highest BCUT2D eigenvalue weighted by atomic mass is 28.4. The molecule has 0 heterocycles. The van der Waals surface area contributed by atoms with Gasteiger partial charge in [0.2, 0.25) is 0 Å². The maximum Gasteiger partial charge on any atom is 0.313 e. The van der Waals surface area contributed by atoms with Gasteiger partial charge in [0, 0.05) is 6.42 Å². The summed E-state index contributed by atoms with van der Waals surface area (Å²) >= 11 is 0. The van der Waals surface area contributed by atoms with Gasteiger partial charge in [-0.1, -0.05) is 51.1 Å². The first kappa shape index (κ1) is 24.0. The zero-order chi connectivity index (χ0) is 21.4. The van der Waals surface area contributed by atoms with Gasteiger partial charge in [0.15, 0.2) is 8.32 Å². The van der Waals surface area contributed by atoms with Crippen LogP contribution in [0.1, 0.15) is 45.6 Å². The number of hydrogen-bond acceptors (Lipinski definition) is 6. The third-order valence-corrected chi connectivity index (χ3v) is 9.46. The van der Waals surface area contributed by atoms with Gasteiger partial charge in [0.1, 0.15) is 18.8 Å². The minimum atomic E-state index is -2.19. The number of ether oxygens (including phenoxy) is 2. The Labute approximate surface area is 168 Å². The minimum Gasteiger partial charge on any atom is -0.469 e. The summed E-state index contributed by atoms with van der Waals surface area (Å²) in [5.41, 5.74) is 0.855. The molecule has 28 heavy (non-hydrogen) atoms. The molecule has 0 bridgehead atoms. The van der Waals surface area contributed by atoms with E-state index in [4.69, 9.17) is 13.9 Å². The monoisotopic (exact) mass is 408 g/mol. The van der Waals surface area contributed by atoms with Gasteiger partial charge in [-0.05, 0) is 23.7 Å². The second-order valence-electron chi connectivity index (χ2n) is 8.35. The van der Waals surface area contributed by atoms with Crippen LogP contribution < -0.4 is 0 Å². The lowest BCUT2D eigenvalue weighted by Crippen LogP contribution is -2.45. The van der Waals surface area contributed by atoms with Gasteiger partial charge in [-0.15, -0.1) is 0 Å². The maximum absolute atomic E-state index is 12.4. The number of carbonyl (C=O) groups is 3. The van der Waals surface area contributed by atoms with Crippen LogP contribution in [0.3, 0.4) is 0 Å². The Morgan fingerprint density at radius 3 is 2.14 bits per heavy atom. The zero-order valence-corrected chi connectivity index (χ0v) is 18.7. The number of Topliss-reactive ketones (excluding diaryl/α,β-unsaturated/α-hetero) is 1. The highest BCUT2D eigenvalue weighted by Crippen LogP contribution is 2.38. The van der Waals surface area contributed by atoms with Crippen LogP contribution in [0.25, 0.3) is 0 Å². The molecule has 0 aromatic heterocycles. The molecule has 156 valence electrons. The van der Waals surface area contributed by atoms with Crippen molar-refractivity contribution in [3.05, 3.63) is 35.9 Å². The van der Waals surface area contributed by atoms with Crippen LogP contribution in [-0.2, 0) is 34.9 Å². The topological polar surface area (TPSA) is 78.9 Å². The highest BCUT2D eigenvalue weighted by Gasteiger charge is 2.40. The van der Waals surface area contributed by atoms with Gasteiger partial charge < -0.3 is 13.9 Å². The van der Waals surface area contributed by atoms with E-state index in [-0.39, 0.29) is 36.7 Å². The molecule has 0 saturated carbocycles. The second-order valence-corrected chi connectivity index (χ2v) is 13.1. The van der Waals surface area contributed by atoms with Crippen molar-refractivity contribution >= 4 is 26.0 Å². The molecule has 1 rings (SSSR count). The Morgan fingerprint density at radius 1 is 1.00 bits per heavy atom. The summed E-state index contributed by atoms with van der Waals surface area (Å²) in [6.45, 7) is 10.5. The molecule has 0 aliphatic carbocycles. The molecule has 0 fully saturated rings. The molecular formula is C21H32O6Si. The lowest BCUT2D eigenvalue weighted by molar-refractivity contribution is -0.147. The van der Waals surface area contributed by atoms with E-state index < -0.39 is 26.4 Å². The van der Waals surface area contributed by atoms with Crippen LogP contribution in [0.4, 0.5) is 0 Å². The number of hydrogen-bond donors (Lipinski definition) is 0. The Morgan fingerprint density at radius 2 is 1.61 bits per heavy atom. The number of benzene rings is 1. The first-order chi connectivity index (χ1) is 12.9. The zero-order valence-electron chi connectivity index (χ0n) is 17.7. The average Bonchev–Trinajstić information content (AvgIpc) is 2.59. The predicted octanol–water partition coefficient (Wildman–Crippen LogP) is 4.03. The summed E-state index contributed by atoms with van der Waals surface area (Å²) in [5, 5.41) is -0.0704. The van der Waals surface area contributed by atoms with Crippen LogP contribution in [0, 0.1) is 0 Å². The fourth-order valence-electron chi connectivity index (χ4n) is 2.29. The van der Waals surface area contributed by atoms with Crippen molar-refractivity contribution in [3.63, 3.8) is 0 Å². The summed E-state index contributed by atoms with van der Waals surface area (Å²) in [7, 11) is -0.890. The summed E-state index contributed by atoms with van der Waals surface area (Å²) < 4.78 is 16.1. The number of esters is 2. The minimum absolute atomic E-state index is 0.0200. The van der Waals surface area contributed by atoms with E-state index in [0.717, 1.165) is 5.56 Å². The Balaban J connectivity index is 2.64. The molecule has 1 aromatic rings. The van der Waals surface area contributed by atoms with Gasteiger partial charge in [0.05, 0.1) is 19.6 Å². The quantitative estimate of drug-likeness (QED) is 0.330. The lowest BCUT2D eigenvalue weighted by atomic mass is 10.1. The van der Waals surface area contributed by atoms with Crippen LogP contribution in [0.15, 0.2) is 30.3 Å². The van der Waals surface area contributed by atoms with E-state index in [2.05, 4.69) is 33.9 Å². The summed E-state index contributed by atoms with van der Waals surface area (Å²) in [4.78, 5) is 36.1. The van der Waals surface area contributed by atoms with Crippen molar-refractivity contribution in [1.82, 2.24) is 0 Å². The van der Waals surface area contributed by atoms with E-state index >= 15 is 0 Å². The number of methoxy groups -OCH3 is 1. The molecule has 0 spiro atoms. The molecule has 6 nitrogen and oxygen atoms in total. The molecule has 1 aromatic carbocycles. The Bertz CT molecular complexity index is 663. The summed E-state index contributed by atoms with van der Waals surface area (Å²) in [5.74, 6) is -1.34. The average molecular weight is 409 g/mol. The van der Waals surface area contributed by atoms with Gasteiger partial charge in [-0.25, -0.2) is 0 Å². The van der Waals surface area contributed by atoms with Crippen LogP contribution in [0.5, 0.6) is 0 Å². The highest BCUT2D eigenvalue weighted by molar-refractivity contribution is 6.74. The van der Waals surface area contributed by atoms with Crippen molar-refractivity contribution in [2.45, 2.75) is 70.9 Å². The van der Waals surface area contributed by atoms with Crippen molar-refractivity contribution in [2.75, 3.05) is 7.11 Å². The SMILES string of the molecule is COC(=O)C[C@@H](CC(=O)CC(=O)OCc1ccccc1)O[Si](C)(C)C(C)(C)C. The van der Waals surface area contributed by atoms with E-state index in [1.165, 1.54) is 7.11 Å². The number of ketones is 1. The fourth-order valence-corrected chi connectivity index (χ4v) is 3.65. The first-order valence-electron chi connectivity index (χ1n) is 9.40. The summed E-state index contributed by atoms with van der Waals surface area (Å²) in [6, 6.07) is 9.26.